The highest BCUT2D eigenvalue weighted by Gasteiger charge is 2.26. The predicted molar refractivity (Wildman–Crippen MR) is 80.5 cm³/mol. The molecular formula is C15H26N2OS. The summed E-state index contributed by atoms with van der Waals surface area (Å²) in [6.07, 6.45) is 7.33. The maximum absolute atomic E-state index is 6.43. The molecule has 4 heteroatoms. The second-order valence-corrected chi connectivity index (χ2v) is 6.99. The van der Waals surface area contributed by atoms with Gasteiger partial charge in [0.1, 0.15) is 0 Å². The number of nitrogens with zero attached hydrogens (tertiary/aromatic N) is 1. The predicted octanol–water partition coefficient (Wildman–Crippen LogP) is 3.83. The van der Waals surface area contributed by atoms with Gasteiger partial charge >= 0.3 is 0 Å². The van der Waals surface area contributed by atoms with E-state index in [-0.39, 0.29) is 5.54 Å². The van der Waals surface area contributed by atoms with Gasteiger partial charge in [0.2, 0.25) is 0 Å². The molecule has 0 aromatic carbocycles. The van der Waals surface area contributed by atoms with Crippen molar-refractivity contribution in [3.63, 3.8) is 0 Å². The zero-order valence-corrected chi connectivity index (χ0v) is 13.0. The zero-order valence-electron chi connectivity index (χ0n) is 12.2. The van der Waals surface area contributed by atoms with E-state index in [1.54, 1.807) is 11.3 Å². The first-order valence-electron chi connectivity index (χ1n) is 7.40. The molecule has 3 nitrogen and oxygen atoms in total. The number of hydrogen-bond donors (Lipinski definition) is 1. The molecule has 0 amide bonds. The summed E-state index contributed by atoms with van der Waals surface area (Å²) in [4.78, 5) is 4.59. The topological polar surface area (TPSA) is 48.1 Å². The van der Waals surface area contributed by atoms with E-state index in [9.17, 15) is 0 Å². The van der Waals surface area contributed by atoms with Crippen LogP contribution in [0.4, 0.5) is 0 Å². The third kappa shape index (κ3) is 4.55. The highest BCUT2D eigenvalue weighted by Crippen LogP contribution is 2.26. The van der Waals surface area contributed by atoms with Gasteiger partial charge in [-0.2, -0.15) is 0 Å². The van der Waals surface area contributed by atoms with E-state index in [0.29, 0.717) is 19.1 Å². The summed E-state index contributed by atoms with van der Waals surface area (Å²) in [6, 6.07) is 0. The fourth-order valence-electron chi connectivity index (χ4n) is 2.59. The second kappa shape index (κ2) is 6.82. The number of thiazole rings is 1. The normalized spacial score (nSPS) is 19.6. The van der Waals surface area contributed by atoms with Gasteiger partial charge in [-0.05, 0) is 12.8 Å². The largest absolute Gasteiger partial charge is 0.373 e. The molecule has 2 N–H and O–H groups in total. The van der Waals surface area contributed by atoms with Crippen molar-refractivity contribution in [2.45, 2.75) is 70.4 Å². The quantitative estimate of drug-likeness (QED) is 0.835. The monoisotopic (exact) mass is 282 g/mol. The maximum atomic E-state index is 6.43. The van der Waals surface area contributed by atoms with Gasteiger partial charge in [-0.1, -0.05) is 39.5 Å². The third-order valence-electron chi connectivity index (χ3n) is 3.80. The summed E-state index contributed by atoms with van der Waals surface area (Å²) < 4.78 is 5.83. The minimum Gasteiger partial charge on any atom is -0.373 e. The Morgan fingerprint density at radius 3 is 2.58 bits per heavy atom. The number of rotatable bonds is 5. The van der Waals surface area contributed by atoms with Gasteiger partial charge in [0, 0.05) is 16.8 Å². The first-order valence-corrected chi connectivity index (χ1v) is 8.28. The Bertz CT molecular complexity index is 381. The smallest absolute Gasteiger partial charge is 0.0954 e. The lowest BCUT2D eigenvalue weighted by molar-refractivity contribution is 0.0651. The second-order valence-electron chi connectivity index (χ2n) is 6.10. The first-order chi connectivity index (χ1) is 9.09. The van der Waals surface area contributed by atoms with E-state index >= 15 is 0 Å². The number of ether oxygens (including phenoxy) is 1. The molecule has 1 aliphatic rings. The molecule has 2 rings (SSSR count). The van der Waals surface area contributed by atoms with Crippen LogP contribution in [0.1, 0.15) is 69.0 Å². The minimum atomic E-state index is -0.104. The van der Waals surface area contributed by atoms with Crippen molar-refractivity contribution in [3.8, 4) is 0 Å². The van der Waals surface area contributed by atoms with Crippen LogP contribution in [0.25, 0.3) is 0 Å². The molecule has 1 aromatic rings. The molecule has 0 bridgehead atoms. The van der Waals surface area contributed by atoms with Crippen LogP contribution in [0, 0.1) is 0 Å². The van der Waals surface area contributed by atoms with E-state index in [4.69, 9.17) is 10.5 Å². The Morgan fingerprint density at radius 1 is 1.32 bits per heavy atom. The van der Waals surface area contributed by atoms with Crippen LogP contribution in [-0.2, 0) is 11.3 Å². The van der Waals surface area contributed by atoms with Crippen LogP contribution in [0.5, 0.6) is 0 Å². The van der Waals surface area contributed by atoms with Crippen molar-refractivity contribution >= 4 is 11.3 Å². The molecule has 0 atom stereocenters. The molecule has 1 aliphatic carbocycles. The van der Waals surface area contributed by atoms with Gasteiger partial charge in [-0.25, -0.2) is 4.98 Å². The van der Waals surface area contributed by atoms with E-state index in [1.165, 1.54) is 30.7 Å². The van der Waals surface area contributed by atoms with E-state index in [2.05, 4.69) is 24.2 Å². The average molecular weight is 282 g/mol. The number of aromatic nitrogens is 1. The van der Waals surface area contributed by atoms with Gasteiger partial charge in [-0.3, -0.25) is 0 Å². The van der Waals surface area contributed by atoms with Crippen LogP contribution >= 0.6 is 11.3 Å². The molecule has 1 fully saturated rings. The summed E-state index contributed by atoms with van der Waals surface area (Å²) in [6.45, 7) is 5.61. The van der Waals surface area contributed by atoms with Crippen LogP contribution in [-0.4, -0.2) is 17.1 Å². The van der Waals surface area contributed by atoms with Crippen LogP contribution in [0.3, 0.4) is 0 Å². The molecular weight excluding hydrogens is 256 g/mol. The van der Waals surface area contributed by atoms with Crippen molar-refractivity contribution in [2.75, 3.05) is 6.61 Å². The van der Waals surface area contributed by atoms with Crippen LogP contribution in [0.15, 0.2) is 5.38 Å². The Balaban J connectivity index is 1.78. The molecule has 1 heterocycles. The maximum Gasteiger partial charge on any atom is 0.0954 e. The van der Waals surface area contributed by atoms with Gasteiger partial charge < -0.3 is 10.5 Å². The highest BCUT2D eigenvalue weighted by atomic mass is 32.1. The molecule has 108 valence electrons. The summed E-state index contributed by atoms with van der Waals surface area (Å²) in [5.74, 6) is 0.501. The SMILES string of the molecule is CC(C)c1nc(COCC2(N)CCCCCC2)cs1. The lowest BCUT2D eigenvalue weighted by atomic mass is 9.93. The Labute approximate surface area is 120 Å². The molecule has 0 unspecified atom stereocenters. The fraction of sp³-hybridized carbons (Fsp3) is 0.800. The molecule has 0 spiro atoms. The minimum absolute atomic E-state index is 0.104. The number of hydrogen-bond acceptors (Lipinski definition) is 4. The van der Waals surface area contributed by atoms with Gasteiger partial charge in [0.25, 0.3) is 0 Å². The van der Waals surface area contributed by atoms with Gasteiger partial charge in [0.05, 0.1) is 23.9 Å². The Morgan fingerprint density at radius 2 is 2.00 bits per heavy atom. The summed E-state index contributed by atoms with van der Waals surface area (Å²) in [7, 11) is 0. The average Bonchev–Trinajstić information content (AvgIpc) is 2.73. The van der Waals surface area contributed by atoms with Gasteiger partial charge in [0.15, 0.2) is 0 Å². The van der Waals surface area contributed by atoms with E-state index in [1.807, 2.05) is 0 Å². The van der Waals surface area contributed by atoms with Crippen LogP contribution < -0.4 is 5.73 Å². The summed E-state index contributed by atoms with van der Waals surface area (Å²) in [5.41, 5.74) is 7.38. The molecule has 1 aromatic heterocycles. The van der Waals surface area contributed by atoms with Crippen LogP contribution in [0.2, 0.25) is 0 Å². The lowest BCUT2D eigenvalue weighted by Crippen LogP contribution is -2.43. The highest BCUT2D eigenvalue weighted by molar-refractivity contribution is 7.09. The summed E-state index contributed by atoms with van der Waals surface area (Å²) in [5, 5.41) is 3.29. The van der Waals surface area contributed by atoms with Crippen molar-refractivity contribution < 1.29 is 4.74 Å². The first kappa shape index (κ1) is 14.9. The summed E-state index contributed by atoms with van der Waals surface area (Å²) >= 11 is 1.72. The van der Waals surface area contributed by atoms with Crippen molar-refractivity contribution in [2.24, 2.45) is 5.73 Å². The van der Waals surface area contributed by atoms with E-state index in [0.717, 1.165) is 18.5 Å². The van der Waals surface area contributed by atoms with E-state index < -0.39 is 0 Å². The molecule has 0 radical (unpaired) electrons. The van der Waals surface area contributed by atoms with Crippen molar-refractivity contribution in [3.05, 3.63) is 16.1 Å². The molecule has 0 aliphatic heterocycles. The lowest BCUT2D eigenvalue weighted by Gasteiger charge is -2.27. The molecule has 19 heavy (non-hydrogen) atoms. The zero-order chi connectivity index (χ0) is 13.7. The van der Waals surface area contributed by atoms with Gasteiger partial charge in [-0.15, -0.1) is 11.3 Å². The Hall–Kier alpha value is -0.450. The standard InChI is InChI=1S/C15H26N2OS/c1-12(2)14-17-13(10-19-14)9-18-11-15(16)7-5-3-4-6-8-15/h10,12H,3-9,11,16H2,1-2H3. The fourth-order valence-corrected chi connectivity index (χ4v) is 3.41. The van der Waals surface area contributed by atoms with Crippen molar-refractivity contribution in [1.82, 2.24) is 4.98 Å². The molecule has 0 saturated heterocycles. The molecule has 1 saturated carbocycles. The third-order valence-corrected chi connectivity index (χ3v) is 5.00. The number of nitrogens with two attached hydrogens (primary N) is 1. The van der Waals surface area contributed by atoms with Crippen molar-refractivity contribution in [1.29, 1.82) is 0 Å². The Kier molecular flexibility index (Phi) is 5.37.